The molecular formula is C16H24N2. The molecule has 0 amide bonds. The summed E-state index contributed by atoms with van der Waals surface area (Å²) in [5.74, 6) is 0. The van der Waals surface area contributed by atoms with Crippen molar-refractivity contribution in [2.24, 2.45) is 0 Å². The lowest BCUT2D eigenvalue weighted by Crippen LogP contribution is -2.56. The van der Waals surface area contributed by atoms with Crippen molar-refractivity contribution in [3.63, 3.8) is 0 Å². The molecule has 0 aromatic heterocycles. The van der Waals surface area contributed by atoms with Gasteiger partial charge in [0.1, 0.15) is 0 Å². The lowest BCUT2D eigenvalue weighted by Gasteiger charge is -2.39. The second kappa shape index (κ2) is 6.72. The summed E-state index contributed by atoms with van der Waals surface area (Å²) in [4.78, 5) is 2.55. The molecule has 98 valence electrons. The number of hydrogen-bond acceptors (Lipinski definition) is 2. The van der Waals surface area contributed by atoms with E-state index in [1.165, 1.54) is 12.0 Å². The van der Waals surface area contributed by atoms with Crippen LogP contribution < -0.4 is 5.32 Å². The number of nitrogens with one attached hydrogen (secondary N) is 1. The highest BCUT2D eigenvalue weighted by atomic mass is 15.2. The van der Waals surface area contributed by atoms with Crippen molar-refractivity contribution < 1.29 is 0 Å². The summed E-state index contributed by atoms with van der Waals surface area (Å²) >= 11 is 0. The molecule has 1 aromatic carbocycles. The zero-order chi connectivity index (χ0) is 12.8. The van der Waals surface area contributed by atoms with Crippen LogP contribution in [0.15, 0.2) is 43.0 Å². The molecule has 1 N–H and O–H groups in total. The van der Waals surface area contributed by atoms with Gasteiger partial charge in [-0.05, 0) is 18.4 Å². The summed E-state index contributed by atoms with van der Waals surface area (Å²) in [6.07, 6.45) is 4.34. The predicted octanol–water partition coefficient (Wildman–Crippen LogP) is 2.47. The molecule has 18 heavy (non-hydrogen) atoms. The Morgan fingerprint density at radius 3 is 2.83 bits per heavy atom. The first-order valence-electron chi connectivity index (χ1n) is 6.95. The van der Waals surface area contributed by atoms with Gasteiger partial charge in [-0.3, -0.25) is 4.90 Å². The first kappa shape index (κ1) is 13.3. The monoisotopic (exact) mass is 244 g/mol. The van der Waals surface area contributed by atoms with E-state index in [-0.39, 0.29) is 0 Å². The minimum atomic E-state index is 0.565. The van der Waals surface area contributed by atoms with Gasteiger partial charge in [-0.25, -0.2) is 0 Å². The second-order valence-electron chi connectivity index (χ2n) is 5.10. The van der Waals surface area contributed by atoms with E-state index in [4.69, 9.17) is 0 Å². The molecule has 0 bridgehead atoms. The van der Waals surface area contributed by atoms with E-state index < -0.39 is 0 Å². The van der Waals surface area contributed by atoms with Gasteiger partial charge in [0.05, 0.1) is 0 Å². The van der Waals surface area contributed by atoms with Crippen LogP contribution in [0.3, 0.4) is 0 Å². The predicted molar refractivity (Wildman–Crippen MR) is 77.8 cm³/mol. The van der Waals surface area contributed by atoms with Crippen molar-refractivity contribution in [3.8, 4) is 0 Å². The topological polar surface area (TPSA) is 15.3 Å². The molecule has 0 aliphatic carbocycles. The summed E-state index contributed by atoms with van der Waals surface area (Å²) < 4.78 is 0. The van der Waals surface area contributed by atoms with Gasteiger partial charge >= 0.3 is 0 Å². The highest BCUT2D eigenvalue weighted by molar-refractivity contribution is 5.16. The molecule has 2 rings (SSSR count). The van der Waals surface area contributed by atoms with E-state index in [9.17, 15) is 0 Å². The normalized spacial score (nSPS) is 24.9. The summed E-state index contributed by atoms with van der Waals surface area (Å²) in [6.45, 7) is 9.36. The summed E-state index contributed by atoms with van der Waals surface area (Å²) in [6, 6.07) is 12.0. The van der Waals surface area contributed by atoms with Gasteiger partial charge in [-0.2, -0.15) is 0 Å². The van der Waals surface area contributed by atoms with Crippen LogP contribution in [0.2, 0.25) is 0 Å². The SMILES string of the molecule is C=CCN1CC(Cc2ccccc2)NCC1CC. The quantitative estimate of drug-likeness (QED) is 0.801. The van der Waals surface area contributed by atoms with Crippen molar-refractivity contribution in [3.05, 3.63) is 48.6 Å². The van der Waals surface area contributed by atoms with Gasteiger partial charge in [-0.15, -0.1) is 6.58 Å². The first-order valence-corrected chi connectivity index (χ1v) is 6.95. The molecular weight excluding hydrogens is 220 g/mol. The van der Waals surface area contributed by atoms with E-state index in [1.54, 1.807) is 0 Å². The van der Waals surface area contributed by atoms with E-state index in [0.29, 0.717) is 12.1 Å². The van der Waals surface area contributed by atoms with Crippen LogP contribution in [0.5, 0.6) is 0 Å². The molecule has 1 aliphatic rings. The Morgan fingerprint density at radius 2 is 2.17 bits per heavy atom. The standard InChI is InChI=1S/C16H24N2/c1-3-10-18-13-15(17-12-16(18)4-2)11-14-8-6-5-7-9-14/h3,5-9,15-17H,1,4,10-13H2,2H3. The van der Waals surface area contributed by atoms with Gasteiger partial charge in [-0.1, -0.05) is 43.3 Å². The van der Waals surface area contributed by atoms with E-state index in [2.05, 4.69) is 54.1 Å². The maximum Gasteiger partial charge on any atom is 0.0236 e. The third-order valence-corrected chi connectivity index (χ3v) is 3.77. The van der Waals surface area contributed by atoms with Gasteiger partial charge in [0.25, 0.3) is 0 Å². The Hall–Kier alpha value is -1.12. The maximum atomic E-state index is 3.87. The largest absolute Gasteiger partial charge is 0.311 e. The maximum absolute atomic E-state index is 3.87. The third kappa shape index (κ3) is 3.44. The molecule has 1 aromatic rings. The zero-order valence-electron chi connectivity index (χ0n) is 11.3. The lowest BCUT2D eigenvalue weighted by molar-refractivity contribution is 0.141. The van der Waals surface area contributed by atoms with Crippen molar-refractivity contribution in [1.29, 1.82) is 0 Å². The third-order valence-electron chi connectivity index (χ3n) is 3.77. The number of hydrogen-bond donors (Lipinski definition) is 1. The summed E-state index contributed by atoms with van der Waals surface area (Å²) in [5, 5.41) is 3.68. The number of nitrogens with zero attached hydrogens (tertiary/aromatic N) is 1. The molecule has 1 heterocycles. The Morgan fingerprint density at radius 1 is 1.39 bits per heavy atom. The number of rotatable bonds is 5. The average Bonchev–Trinajstić information content (AvgIpc) is 2.41. The van der Waals surface area contributed by atoms with Gasteiger partial charge in [0, 0.05) is 31.7 Å². The van der Waals surface area contributed by atoms with Gasteiger partial charge in [0.15, 0.2) is 0 Å². The van der Waals surface area contributed by atoms with Crippen LogP contribution in [0.1, 0.15) is 18.9 Å². The van der Waals surface area contributed by atoms with Crippen LogP contribution in [0.25, 0.3) is 0 Å². The zero-order valence-corrected chi connectivity index (χ0v) is 11.3. The van der Waals surface area contributed by atoms with Gasteiger partial charge in [0.2, 0.25) is 0 Å². The summed E-state index contributed by atoms with van der Waals surface area (Å²) in [5.41, 5.74) is 1.42. The molecule has 2 atom stereocenters. The molecule has 2 unspecified atom stereocenters. The van der Waals surface area contributed by atoms with Crippen LogP contribution in [0.4, 0.5) is 0 Å². The Balaban J connectivity index is 1.93. The molecule has 1 saturated heterocycles. The minimum absolute atomic E-state index is 0.565. The Bertz CT molecular complexity index is 361. The van der Waals surface area contributed by atoms with Crippen molar-refractivity contribution in [1.82, 2.24) is 10.2 Å². The van der Waals surface area contributed by atoms with E-state index in [1.807, 2.05) is 6.08 Å². The van der Waals surface area contributed by atoms with Crippen molar-refractivity contribution in [2.75, 3.05) is 19.6 Å². The molecule has 0 radical (unpaired) electrons. The van der Waals surface area contributed by atoms with Crippen molar-refractivity contribution >= 4 is 0 Å². The fourth-order valence-corrected chi connectivity index (χ4v) is 2.76. The second-order valence-corrected chi connectivity index (χ2v) is 5.10. The average molecular weight is 244 g/mol. The Kier molecular flexibility index (Phi) is 4.97. The van der Waals surface area contributed by atoms with Crippen LogP contribution in [0, 0.1) is 0 Å². The molecule has 2 nitrogen and oxygen atoms in total. The van der Waals surface area contributed by atoms with Crippen LogP contribution in [-0.4, -0.2) is 36.6 Å². The van der Waals surface area contributed by atoms with Gasteiger partial charge < -0.3 is 5.32 Å². The fraction of sp³-hybridized carbons (Fsp3) is 0.500. The molecule has 1 fully saturated rings. The smallest absolute Gasteiger partial charge is 0.0236 e. The number of piperazine rings is 1. The minimum Gasteiger partial charge on any atom is -0.311 e. The summed E-state index contributed by atoms with van der Waals surface area (Å²) in [7, 11) is 0. The Labute approximate surface area is 111 Å². The van der Waals surface area contributed by atoms with Crippen LogP contribution >= 0.6 is 0 Å². The highest BCUT2D eigenvalue weighted by Gasteiger charge is 2.25. The van der Waals surface area contributed by atoms with E-state index >= 15 is 0 Å². The fourth-order valence-electron chi connectivity index (χ4n) is 2.76. The molecule has 0 saturated carbocycles. The molecule has 0 spiro atoms. The highest BCUT2D eigenvalue weighted by Crippen LogP contribution is 2.13. The first-order chi connectivity index (χ1) is 8.83. The lowest BCUT2D eigenvalue weighted by atomic mass is 10.0. The molecule has 1 aliphatic heterocycles. The number of benzene rings is 1. The molecule has 2 heteroatoms. The van der Waals surface area contributed by atoms with Crippen LogP contribution in [-0.2, 0) is 6.42 Å². The van der Waals surface area contributed by atoms with E-state index in [0.717, 1.165) is 26.1 Å². The van der Waals surface area contributed by atoms with Crippen molar-refractivity contribution in [2.45, 2.75) is 31.8 Å².